The van der Waals surface area contributed by atoms with Crippen LogP contribution >= 0.6 is 0 Å². The Morgan fingerprint density at radius 1 is 0.706 bits per heavy atom. The first-order chi connectivity index (χ1) is 16.8. The van der Waals surface area contributed by atoms with E-state index >= 15 is 0 Å². The molecule has 34 heavy (non-hydrogen) atoms. The molecule has 0 aliphatic carbocycles. The van der Waals surface area contributed by atoms with Crippen LogP contribution in [0.25, 0.3) is 18.0 Å². The van der Waals surface area contributed by atoms with Gasteiger partial charge in [0.15, 0.2) is 0 Å². The molecule has 5 heterocycles. The molecule has 10 nitrogen and oxygen atoms in total. The predicted molar refractivity (Wildman–Crippen MR) is 132 cm³/mol. The van der Waals surface area contributed by atoms with E-state index in [-0.39, 0.29) is 0 Å². The number of anilines is 2. The lowest BCUT2D eigenvalue weighted by atomic mass is 10.2. The SMILES string of the molecule is C(=C\c1cnc(N2CCN(c3ccccn3)CC2)nc1)/c1ccc(-n2cnnc2)nc1.COC. The Bertz CT molecular complexity index is 1140. The van der Waals surface area contributed by atoms with Crippen LogP contribution in [0.5, 0.6) is 0 Å². The van der Waals surface area contributed by atoms with Crippen molar-refractivity contribution in [3.8, 4) is 5.82 Å². The van der Waals surface area contributed by atoms with Gasteiger partial charge in [-0.2, -0.15) is 0 Å². The topological polar surface area (TPSA) is 98.0 Å². The maximum absolute atomic E-state index is 4.56. The second kappa shape index (κ2) is 11.6. The molecule has 1 saturated heterocycles. The molecule has 0 saturated carbocycles. The van der Waals surface area contributed by atoms with Gasteiger partial charge >= 0.3 is 0 Å². The molecule has 0 radical (unpaired) electrons. The van der Waals surface area contributed by atoms with E-state index < -0.39 is 0 Å². The first-order valence-electron chi connectivity index (χ1n) is 10.9. The van der Waals surface area contributed by atoms with Gasteiger partial charge in [-0.05, 0) is 29.8 Å². The van der Waals surface area contributed by atoms with Crippen LogP contribution in [-0.2, 0) is 4.74 Å². The fourth-order valence-electron chi connectivity index (χ4n) is 3.42. The Labute approximate surface area is 198 Å². The zero-order valence-corrected chi connectivity index (χ0v) is 19.3. The van der Waals surface area contributed by atoms with Gasteiger partial charge in [0.2, 0.25) is 5.95 Å². The summed E-state index contributed by atoms with van der Waals surface area (Å²) < 4.78 is 6.01. The number of piperazine rings is 1. The highest BCUT2D eigenvalue weighted by Crippen LogP contribution is 2.16. The molecular weight excluding hydrogens is 430 g/mol. The predicted octanol–water partition coefficient (Wildman–Crippen LogP) is 2.61. The number of nitrogens with zero attached hydrogens (tertiary/aromatic N) is 9. The quantitative estimate of drug-likeness (QED) is 0.448. The summed E-state index contributed by atoms with van der Waals surface area (Å²) in [5, 5.41) is 7.58. The van der Waals surface area contributed by atoms with Crippen molar-refractivity contribution in [3.05, 3.63) is 78.9 Å². The molecule has 0 spiro atoms. The molecule has 0 N–H and O–H groups in total. The van der Waals surface area contributed by atoms with E-state index in [4.69, 9.17) is 0 Å². The van der Waals surface area contributed by atoms with Crippen LogP contribution in [0.2, 0.25) is 0 Å². The summed E-state index contributed by atoms with van der Waals surface area (Å²) in [6, 6.07) is 9.92. The Balaban J connectivity index is 0.000000868. The summed E-state index contributed by atoms with van der Waals surface area (Å²) in [6.07, 6.45) is 14.6. The van der Waals surface area contributed by atoms with Crippen LogP contribution in [0.4, 0.5) is 11.8 Å². The highest BCUT2D eigenvalue weighted by atomic mass is 16.4. The second-order valence-electron chi connectivity index (χ2n) is 7.54. The molecule has 0 unspecified atom stereocenters. The number of aromatic nitrogens is 7. The average molecular weight is 458 g/mol. The zero-order valence-electron chi connectivity index (χ0n) is 19.3. The molecule has 0 aromatic carbocycles. The number of rotatable bonds is 5. The summed E-state index contributed by atoms with van der Waals surface area (Å²) in [4.78, 5) is 22.5. The molecule has 174 valence electrons. The minimum absolute atomic E-state index is 0.762. The molecule has 1 aliphatic rings. The van der Waals surface area contributed by atoms with E-state index in [2.05, 4.69) is 44.7 Å². The second-order valence-corrected chi connectivity index (χ2v) is 7.54. The summed E-state index contributed by atoms with van der Waals surface area (Å²) in [6.45, 7) is 3.55. The summed E-state index contributed by atoms with van der Waals surface area (Å²) in [5.41, 5.74) is 1.94. The van der Waals surface area contributed by atoms with Crippen LogP contribution < -0.4 is 9.80 Å². The molecular formula is C24H27N9O. The number of hydrogen-bond donors (Lipinski definition) is 0. The molecule has 0 bridgehead atoms. The van der Waals surface area contributed by atoms with Crippen molar-refractivity contribution >= 4 is 23.9 Å². The van der Waals surface area contributed by atoms with Gasteiger partial charge in [0, 0.05) is 70.7 Å². The van der Waals surface area contributed by atoms with Crippen LogP contribution in [0.1, 0.15) is 11.1 Å². The Morgan fingerprint density at radius 2 is 1.35 bits per heavy atom. The van der Waals surface area contributed by atoms with Crippen molar-refractivity contribution in [2.75, 3.05) is 50.2 Å². The van der Waals surface area contributed by atoms with Gasteiger partial charge in [0.25, 0.3) is 0 Å². The van der Waals surface area contributed by atoms with Crippen LogP contribution in [-0.4, -0.2) is 75.1 Å². The van der Waals surface area contributed by atoms with Crippen molar-refractivity contribution in [3.63, 3.8) is 0 Å². The van der Waals surface area contributed by atoms with Gasteiger partial charge in [0.1, 0.15) is 24.3 Å². The summed E-state index contributed by atoms with van der Waals surface area (Å²) in [5.74, 6) is 2.56. The van der Waals surface area contributed by atoms with Gasteiger partial charge in [-0.1, -0.05) is 18.2 Å². The molecule has 5 rings (SSSR count). The molecule has 10 heteroatoms. The van der Waals surface area contributed by atoms with E-state index in [1.807, 2.05) is 67.3 Å². The van der Waals surface area contributed by atoms with Gasteiger partial charge < -0.3 is 14.5 Å². The van der Waals surface area contributed by atoms with Crippen molar-refractivity contribution in [1.29, 1.82) is 0 Å². The third kappa shape index (κ3) is 5.99. The fourth-order valence-corrected chi connectivity index (χ4v) is 3.42. The first-order valence-corrected chi connectivity index (χ1v) is 10.9. The summed E-state index contributed by atoms with van der Waals surface area (Å²) in [7, 11) is 3.25. The third-order valence-corrected chi connectivity index (χ3v) is 5.12. The van der Waals surface area contributed by atoms with Gasteiger partial charge in [0.05, 0.1) is 0 Å². The third-order valence-electron chi connectivity index (χ3n) is 5.12. The fraction of sp³-hybridized carbons (Fsp3) is 0.250. The first kappa shape index (κ1) is 23.0. The smallest absolute Gasteiger partial charge is 0.225 e. The number of ether oxygens (including phenoxy) is 1. The van der Waals surface area contributed by atoms with E-state index in [9.17, 15) is 0 Å². The lowest BCUT2D eigenvalue weighted by molar-refractivity contribution is 0.277. The van der Waals surface area contributed by atoms with E-state index in [0.717, 1.165) is 54.9 Å². The molecule has 0 atom stereocenters. The largest absolute Gasteiger partial charge is 0.388 e. The monoisotopic (exact) mass is 457 g/mol. The van der Waals surface area contributed by atoms with Gasteiger partial charge in [-0.15, -0.1) is 10.2 Å². The van der Waals surface area contributed by atoms with Crippen molar-refractivity contribution in [2.24, 2.45) is 0 Å². The highest BCUT2D eigenvalue weighted by Gasteiger charge is 2.19. The lowest BCUT2D eigenvalue weighted by Gasteiger charge is -2.35. The maximum Gasteiger partial charge on any atom is 0.225 e. The number of hydrogen-bond acceptors (Lipinski definition) is 9. The van der Waals surface area contributed by atoms with Crippen molar-refractivity contribution < 1.29 is 4.74 Å². The van der Waals surface area contributed by atoms with Gasteiger partial charge in [-0.25, -0.2) is 19.9 Å². The molecule has 0 amide bonds. The van der Waals surface area contributed by atoms with E-state index in [1.54, 1.807) is 31.4 Å². The van der Waals surface area contributed by atoms with Crippen LogP contribution in [0, 0.1) is 0 Å². The number of pyridine rings is 2. The number of methoxy groups -OCH3 is 1. The Kier molecular flexibility index (Phi) is 7.86. The standard InChI is InChI=1S/C22H21N9.C2H6O/c1-2-8-23-20(3-1)29-9-11-30(12-10-29)22-25-14-19(15-26-22)5-4-18-6-7-21(24-13-18)31-16-27-28-17-31;1-3-2/h1-8,13-17H,9-12H2;1-2H3/b5-4+;. The van der Waals surface area contributed by atoms with Crippen LogP contribution in [0.15, 0.2) is 67.8 Å². The zero-order chi connectivity index (χ0) is 23.6. The van der Waals surface area contributed by atoms with Gasteiger partial charge in [-0.3, -0.25) is 4.57 Å². The van der Waals surface area contributed by atoms with E-state index in [0.29, 0.717) is 0 Å². The molecule has 1 fully saturated rings. The highest BCUT2D eigenvalue weighted by molar-refractivity contribution is 5.68. The molecule has 1 aliphatic heterocycles. The average Bonchev–Trinajstić information content (AvgIpc) is 3.44. The normalized spacial score (nSPS) is 13.6. The minimum Gasteiger partial charge on any atom is -0.388 e. The van der Waals surface area contributed by atoms with Crippen molar-refractivity contribution in [2.45, 2.75) is 0 Å². The summed E-state index contributed by atoms with van der Waals surface area (Å²) >= 11 is 0. The maximum atomic E-state index is 4.56. The minimum atomic E-state index is 0.762. The Morgan fingerprint density at radius 3 is 1.97 bits per heavy atom. The molecule has 4 aromatic heterocycles. The Hall–Kier alpha value is -4.18. The lowest BCUT2D eigenvalue weighted by Crippen LogP contribution is -2.47. The van der Waals surface area contributed by atoms with Crippen molar-refractivity contribution in [1.82, 2.24) is 34.7 Å². The molecule has 4 aromatic rings. The van der Waals surface area contributed by atoms with E-state index in [1.165, 1.54) is 0 Å². The van der Waals surface area contributed by atoms with Crippen LogP contribution in [0.3, 0.4) is 0 Å².